The molecule has 2 N–H and O–H groups in total. The number of ether oxygens (including phenoxy) is 1. The lowest BCUT2D eigenvalue weighted by atomic mass is 10.2. The first-order chi connectivity index (χ1) is 14.9. The van der Waals surface area contributed by atoms with Gasteiger partial charge in [-0.1, -0.05) is 59.1 Å². The normalized spacial score (nSPS) is 10.7. The Morgan fingerprint density at radius 2 is 1.71 bits per heavy atom. The maximum atomic E-state index is 11.9. The minimum atomic E-state index is -0.929. The third-order valence-electron chi connectivity index (χ3n) is 3.97. The average molecular weight is 477 g/mol. The van der Waals surface area contributed by atoms with Gasteiger partial charge in [0.2, 0.25) is 0 Å². The van der Waals surface area contributed by atoms with Crippen LogP contribution in [-0.4, -0.2) is 18.0 Å². The van der Waals surface area contributed by atoms with Crippen LogP contribution >= 0.6 is 34.8 Å². The molecule has 3 aromatic carbocycles. The Bertz CT molecular complexity index is 1140. The zero-order valence-electron chi connectivity index (χ0n) is 15.9. The Hall–Kier alpha value is -3.06. The lowest BCUT2D eigenvalue weighted by molar-refractivity contribution is -0.136. The summed E-state index contributed by atoms with van der Waals surface area (Å²) in [4.78, 5) is 23.8. The summed E-state index contributed by atoms with van der Waals surface area (Å²) < 4.78 is 5.70. The fraction of sp³-hybridized carbons (Fsp3) is 0.0455. The molecule has 0 saturated heterocycles. The summed E-state index contributed by atoms with van der Waals surface area (Å²) in [6.07, 6.45) is 1.36. The summed E-state index contributed by atoms with van der Waals surface area (Å²) >= 11 is 18.2. The van der Waals surface area contributed by atoms with Gasteiger partial charge in [0.05, 0.1) is 11.2 Å². The Morgan fingerprint density at radius 1 is 0.903 bits per heavy atom. The van der Waals surface area contributed by atoms with Crippen LogP contribution in [0.25, 0.3) is 0 Å². The first-order valence-electron chi connectivity index (χ1n) is 8.98. The molecule has 0 atom stereocenters. The Morgan fingerprint density at radius 3 is 2.45 bits per heavy atom. The number of anilines is 1. The van der Waals surface area contributed by atoms with Crippen molar-refractivity contribution in [2.24, 2.45) is 5.10 Å². The summed E-state index contributed by atoms with van der Waals surface area (Å²) in [7, 11) is 0. The Balaban J connectivity index is 1.53. The van der Waals surface area contributed by atoms with Crippen LogP contribution in [0.3, 0.4) is 0 Å². The highest BCUT2D eigenvalue weighted by molar-refractivity contribution is 6.40. The van der Waals surface area contributed by atoms with E-state index in [2.05, 4.69) is 15.8 Å². The van der Waals surface area contributed by atoms with E-state index < -0.39 is 11.8 Å². The van der Waals surface area contributed by atoms with E-state index in [4.69, 9.17) is 39.5 Å². The van der Waals surface area contributed by atoms with Crippen molar-refractivity contribution in [1.29, 1.82) is 0 Å². The predicted octanol–water partition coefficient (Wildman–Crippen LogP) is 5.31. The topological polar surface area (TPSA) is 79.8 Å². The van der Waals surface area contributed by atoms with Crippen molar-refractivity contribution in [3.05, 3.63) is 92.9 Å². The summed E-state index contributed by atoms with van der Waals surface area (Å²) in [5, 5.41) is 7.60. The maximum absolute atomic E-state index is 11.9. The van der Waals surface area contributed by atoms with Gasteiger partial charge < -0.3 is 10.1 Å². The van der Waals surface area contributed by atoms with Crippen molar-refractivity contribution in [3.8, 4) is 5.75 Å². The Labute approximate surface area is 193 Å². The Kier molecular flexibility index (Phi) is 7.89. The van der Waals surface area contributed by atoms with Crippen molar-refractivity contribution in [1.82, 2.24) is 5.43 Å². The van der Waals surface area contributed by atoms with Gasteiger partial charge in [0.15, 0.2) is 0 Å². The number of nitrogens with one attached hydrogen (secondary N) is 2. The largest absolute Gasteiger partial charge is 0.487 e. The molecule has 0 bridgehead atoms. The van der Waals surface area contributed by atoms with Gasteiger partial charge in [-0.3, -0.25) is 9.59 Å². The van der Waals surface area contributed by atoms with Crippen LogP contribution in [0.5, 0.6) is 5.75 Å². The van der Waals surface area contributed by atoms with Gasteiger partial charge in [-0.15, -0.1) is 0 Å². The number of rotatable bonds is 6. The van der Waals surface area contributed by atoms with Crippen LogP contribution in [0.1, 0.15) is 11.1 Å². The van der Waals surface area contributed by atoms with E-state index in [-0.39, 0.29) is 6.61 Å². The molecule has 0 aliphatic carbocycles. The van der Waals surface area contributed by atoms with Gasteiger partial charge in [0, 0.05) is 21.3 Å². The van der Waals surface area contributed by atoms with E-state index in [0.29, 0.717) is 32.1 Å². The molecule has 0 aliphatic rings. The number of benzene rings is 3. The van der Waals surface area contributed by atoms with Gasteiger partial charge in [-0.05, 0) is 48.0 Å². The lowest BCUT2D eigenvalue weighted by Crippen LogP contribution is -2.32. The van der Waals surface area contributed by atoms with E-state index in [1.54, 1.807) is 42.5 Å². The minimum Gasteiger partial charge on any atom is -0.487 e. The van der Waals surface area contributed by atoms with E-state index in [9.17, 15) is 9.59 Å². The molecule has 158 valence electrons. The molecule has 0 radical (unpaired) electrons. The summed E-state index contributed by atoms with van der Waals surface area (Å²) in [5.74, 6) is -1.33. The molecule has 2 amide bonds. The third kappa shape index (κ3) is 6.72. The third-order valence-corrected chi connectivity index (χ3v) is 4.86. The van der Waals surface area contributed by atoms with Crippen LogP contribution in [-0.2, 0) is 16.2 Å². The molecule has 3 rings (SSSR count). The average Bonchev–Trinajstić information content (AvgIpc) is 2.74. The summed E-state index contributed by atoms with van der Waals surface area (Å²) in [5.41, 5.74) is 3.99. The van der Waals surface area contributed by atoms with Gasteiger partial charge in [-0.2, -0.15) is 5.10 Å². The van der Waals surface area contributed by atoms with Crippen molar-refractivity contribution >= 4 is 58.5 Å². The number of hydrogen-bond donors (Lipinski definition) is 2. The number of halogens is 3. The summed E-state index contributed by atoms with van der Waals surface area (Å²) in [6.45, 7) is 0.268. The first-order valence-corrected chi connectivity index (χ1v) is 10.1. The van der Waals surface area contributed by atoms with Crippen LogP contribution in [0, 0.1) is 0 Å². The molecule has 0 fully saturated rings. The van der Waals surface area contributed by atoms with E-state index in [0.717, 1.165) is 5.56 Å². The van der Waals surface area contributed by atoms with E-state index in [1.807, 2.05) is 18.2 Å². The van der Waals surface area contributed by atoms with Gasteiger partial charge in [0.25, 0.3) is 0 Å². The van der Waals surface area contributed by atoms with Crippen molar-refractivity contribution in [3.63, 3.8) is 0 Å². The summed E-state index contributed by atoms with van der Waals surface area (Å²) in [6, 6.07) is 18.8. The molecule has 0 saturated carbocycles. The van der Waals surface area contributed by atoms with Crippen molar-refractivity contribution in [2.45, 2.75) is 6.61 Å². The number of hydrazone groups is 1. The number of amides is 2. The van der Waals surface area contributed by atoms with Crippen LogP contribution in [0.4, 0.5) is 5.69 Å². The predicted molar refractivity (Wildman–Crippen MR) is 123 cm³/mol. The molecule has 9 heteroatoms. The molecular weight excluding hydrogens is 461 g/mol. The highest BCUT2D eigenvalue weighted by Crippen LogP contribution is 2.27. The highest BCUT2D eigenvalue weighted by Gasteiger charge is 2.13. The molecular formula is C22H16Cl3N3O3. The standard InChI is InChI=1S/C22H16Cl3N3O3/c23-16-5-3-6-17(11-16)27-21(29)22(30)28-26-12-14-8-9-20(19(25)10-14)31-13-15-4-1-2-7-18(15)24/h1-12H,13H2,(H,27,29)(H,28,30)/b26-12-. The molecule has 3 aromatic rings. The second-order valence-electron chi connectivity index (χ2n) is 6.23. The van der Waals surface area contributed by atoms with E-state index >= 15 is 0 Å². The highest BCUT2D eigenvalue weighted by atomic mass is 35.5. The smallest absolute Gasteiger partial charge is 0.329 e. The van der Waals surface area contributed by atoms with Crippen LogP contribution in [0.15, 0.2) is 71.8 Å². The van der Waals surface area contributed by atoms with E-state index in [1.165, 1.54) is 12.3 Å². The number of carbonyl (C=O) groups excluding carboxylic acids is 2. The van der Waals surface area contributed by atoms with Gasteiger partial charge >= 0.3 is 11.8 Å². The monoisotopic (exact) mass is 475 g/mol. The van der Waals surface area contributed by atoms with Gasteiger partial charge in [-0.25, -0.2) is 5.43 Å². The number of nitrogens with zero attached hydrogens (tertiary/aromatic N) is 1. The quantitative estimate of drug-likeness (QED) is 0.287. The molecule has 0 heterocycles. The van der Waals surface area contributed by atoms with Crippen molar-refractivity contribution in [2.75, 3.05) is 5.32 Å². The van der Waals surface area contributed by atoms with Crippen LogP contribution in [0.2, 0.25) is 15.1 Å². The zero-order chi connectivity index (χ0) is 22.2. The maximum Gasteiger partial charge on any atom is 0.329 e. The minimum absolute atomic E-state index is 0.268. The van der Waals surface area contributed by atoms with Crippen molar-refractivity contribution < 1.29 is 14.3 Å². The zero-order valence-corrected chi connectivity index (χ0v) is 18.2. The molecule has 0 aliphatic heterocycles. The molecule has 31 heavy (non-hydrogen) atoms. The molecule has 0 spiro atoms. The second-order valence-corrected chi connectivity index (χ2v) is 7.48. The second kappa shape index (κ2) is 10.8. The fourth-order valence-electron chi connectivity index (χ4n) is 2.46. The van der Waals surface area contributed by atoms with Gasteiger partial charge in [0.1, 0.15) is 12.4 Å². The lowest BCUT2D eigenvalue weighted by Gasteiger charge is -2.09. The molecule has 0 aromatic heterocycles. The van der Waals surface area contributed by atoms with Crippen LogP contribution < -0.4 is 15.5 Å². The first kappa shape index (κ1) is 22.6. The molecule has 0 unspecified atom stereocenters. The fourth-order valence-corrected chi connectivity index (χ4v) is 3.08. The number of hydrogen-bond acceptors (Lipinski definition) is 4. The number of carbonyl (C=O) groups is 2. The SMILES string of the molecule is O=C(N/N=C\c1ccc(OCc2ccccc2Cl)c(Cl)c1)C(=O)Nc1cccc(Cl)c1. The molecule has 6 nitrogen and oxygen atoms in total.